The number of rotatable bonds is 5. The third-order valence-electron chi connectivity index (χ3n) is 2.92. The molecule has 0 radical (unpaired) electrons. The number of ketones is 1. The van der Waals surface area contributed by atoms with Gasteiger partial charge in [-0.15, -0.1) is 0 Å². The Morgan fingerprint density at radius 2 is 1.94 bits per heavy atom. The van der Waals surface area contributed by atoms with Crippen LogP contribution < -0.4 is 5.32 Å². The van der Waals surface area contributed by atoms with Crippen LogP contribution in [0.15, 0.2) is 0 Å². The second kappa shape index (κ2) is 6.36. The van der Waals surface area contributed by atoms with E-state index in [1.54, 1.807) is 0 Å². The average molecular weight is 227 g/mol. The average Bonchev–Trinajstić information content (AvgIpc) is 2.24. The van der Waals surface area contributed by atoms with Crippen LogP contribution in [0.2, 0.25) is 0 Å². The van der Waals surface area contributed by atoms with Gasteiger partial charge in [-0.25, -0.2) is 0 Å². The highest BCUT2D eigenvalue weighted by Gasteiger charge is 2.16. The highest BCUT2D eigenvalue weighted by molar-refractivity contribution is 5.79. The lowest BCUT2D eigenvalue weighted by Gasteiger charge is -2.23. The molecular formula is C13H25NO2. The summed E-state index contributed by atoms with van der Waals surface area (Å²) in [6, 6.07) is 0. The normalized spacial score (nSPS) is 18.7. The number of nitrogens with one attached hydrogen (secondary N) is 1. The maximum atomic E-state index is 11.6. The number of hydrogen-bond acceptors (Lipinski definition) is 3. The van der Waals surface area contributed by atoms with E-state index in [-0.39, 0.29) is 11.2 Å². The molecule has 1 N–H and O–H groups in total. The van der Waals surface area contributed by atoms with Crippen LogP contribution in [0.25, 0.3) is 0 Å². The van der Waals surface area contributed by atoms with E-state index in [1.165, 1.54) is 0 Å². The summed E-state index contributed by atoms with van der Waals surface area (Å²) in [6.45, 7) is 8.82. The van der Waals surface area contributed by atoms with Crippen molar-refractivity contribution in [3.05, 3.63) is 0 Å². The number of hydrogen-bond donors (Lipinski definition) is 1. The zero-order chi connectivity index (χ0) is 12.0. The Balaban J connectivity index is 2.09. The van der Waals surface area contributed by atoms with Crippen molar-refractivity contribution < 1.29 is 9.53 Å². The van der Waals surface area contributed by atoms with Crippen LogP contribution in [0.3, 0.4) is 0 Å². The first-order valence-electron chi connectivity index (χ1n) is 6.31. The second-order valence-electron chi connectivity index (χ2n) is 5.86. The Morgan fingerprint density at radius 3 is 2.50 bits per heavy atom. The Kier molecular flexibility index (Phi) is 5.42. The van der Waals surface area contributed by atoms with Gasteiger partial charge in [0.2, 0.25) is 0 Å². The number of carbonyl (C=O) groups excluding carboxylic acids is 1. The smallest absolute Gasteiger partial charge is 0.158 e. The van der Waals surface area contributed by atoms with Crippen molar-refractivity contribution in [2.24, 2.45) is 5.41 Å². The highest BCUT2D eigenvalue weighted by Crippen LogP contribution is 2.20. The number of piperidine rings is 1. The van der Waals surface area contributed by atoms with E-state index in [4.69, 9.17) is 4.74 Å². The number of carbonyl (C=O) groups is 1. The minimum absolute atomic E-state index is 0.240. The maximum Gasteiger partial charge on any atom is 0.158 e. The van der Waals surface area contributed by atoms with Crippen molar-refractivity contribution in [3.63, 3.8) is 0 Å². The Bertz CT molecular complexity index is 214. The molecule has 1 saturated heterocycles. The van der Waals surface area contributed by atoms with Gasteiger partial charge < -0.3 is 10.1 Å². The predicted octanol–water partition coefficient (Wildman–Crippen LogP) is 2.15. The van der Waals surface area contributed by atoms with E-state index < -0.39 is 0 Å². The topological polar surface area (TPSA) is 38.3 Å². The summed E-state index contributed by atoms with van der Waals surface area (Å²) in [5.74, 6) is 0.244. The Hall–Kier alpha value is -0.410. The standard InChI is InChI=1S/C13H25NO2/c1-13(2,3)7-4-11(15)10-16-12-5-8-14-9-6-12/h12,14H,4-10H2,1-3H3. The van der Waals surface area contributed by atoms with Gasteiger partial charge >= 0.3 is 0 Å². The lowest BCUT2D eigenvalue weighted by atomic mass is 9.90. The maximum absolute atomic E-state index is 11.6. The van der Waals surface area contributed by atoms with Crippen LogP contribution in [0.4, 0.5) is 0 Å². The van der Waals surface area contributed by atoms with Crippen LogP contribution in [0.1, 0.15) is 46.5 Å². The van der Waals surface area contributed by atoms with E-state index in [1.807, 2.05) is 0 Å². The molecule has 0 spiro atoms. The second-order valence-corrected chi connectivity index (χ2v) is 5.86. The molecule has 3 heteroatoms. The third-order valence-corrected chi connectivity index (χ3v) is 2.92. The van der Waals surface area contributed by atoms with Gasteiger partial charge in [0.15, 0.2) is 5.78 Å². The summed E-state index contributed by atoms with van der Waals surface area (Å²) in [4.78, 5) is 11.6. The summed E-state index contributed by atoms with van der Waals surface area (Å²) in [5.41, 5.74) is 0.240. The largest absolute Gasteiger partial charge is 0.370 e. The molecule has 0 amide bonds. The molecule has 1 aliphatic rings. The van der Waals surface area contributed by atoms with Crippen molar-refractivity contribution in [3.8, 4) is 0 Å². The molecule has 94 valence electrons. The molecular weight excluding hydrogens is 202 g/mol. The van der Waals surface area contributed by atoms with Crippen LogP contribution in [-0.2, 0) is 9.53 Å². The molecule has 0 aromatic rings. The zero-order valence-electron chi connectivity index (χ0n) is 10.8. The minimum atomic E-state index is 0.240. The minimum Gasteiger partial charge on any atom is -0.370 e. The highest BCUT2D eigenvalue weighted by atomic mass is 16.5. The monoisotopic (exact) mass is 227 g/mol. The molecule has 3 nitrogen and oxygen atoms in total. The molecule has 0 atom stereocenters. The van der Waals surface area contributed by atoms with Gasteiger partial charge in [-0.2, -0.15) is 0 Å². The quantitative estimate of drug-likeness (QED) is 0.782. The lowest BCUT2D eigenvalue weighted by molar-refractivity contribution is -0.126. The molecule has 1 fully saturated rings. The van der Waals surface area contributed by atoms with Crippen molar-refractivity contribution in [2.75, 3.05) is 19.7 Å². The molecule has 0 bridgehead atoms. The zero-order valence-corrected chi connectivity index (χ0v) is 10.8. The molecule has 16 heavy (non-hydrogen) atoms. The van der Waals surface area contributed by atoms with Gasteiger partial charge in [0.05, 0.1) is 6.10 Å². The third kappa shape index (κ3) is 6.23. The lowest BCUT2D eigenvalue weighted by Crippen LogP contribution is -2.33. The number of ether oxygens (including phenoxy) is 1. The Labute approximate surface area is 98.9 Å². The van der Waals surface area contributed by atoms with Gasteiger partial charge in [0, 0.05) is 6.42 Å². The van der Waals surface area contributed by atoms with Crippen LogP contribution in [0.5, 0.6) is 0 Å². The number of Topliss-reactive ketones (excluding diaryl/α,β-unsaturated/α-hetero) is 1. The van der Waals surface area contributed by atoms with Crippen LogP contribution in [0, 0.1) is 5.41 Å². The van der Waals surface area contributed by atoms with Crippen molar-refractivity contribution in [1.29, 1.82) is 0 Å². The van der Waals surface area contributed by atoms with Crippen molar-refractivity contribution in [1.82, 2.24) is 5.32 Å². The van der Waals surface area contributed by atoms with E-state index in [2.05, 4.69) is 26.1 Å². The van der Waals surface area contributed by atoms with E-state index in [0.717, 1.165) is 32.4 Å². The fraction of sp³-hybridized carbons (Fsp3) is 0.923. The summed E-state index contributed by atoms with van der Waals surface area (Å²) >= 11 is 0. The SMILES string of the molecule is CC(C)(C)CCC(=O)COC1CCNCC1. The van der Waals surface area contributed by atoms with E-state index in [0.29, 0.717) is 19.1 Å². The van der Waals surface area contributed by atoms with Gasteiger partial charge in [0.25, 0.3) is 0 Å². The molecule has 1 rings (SSSR count). The first kappa shape index (κ1) is 13.7. The van der Waals surface area contributed by atoms with Gasteiger partial charge in [-0.3, -0.25) is 4.79 Å². The van der Waals surface area contributed by atoms with Crippen LogP contribution >= 0.6 is 0 Å². The van der Waals surface area contributed by atoms with Crippen molar-refractivity contribution >= 4 is 5.78 Å². The fourth-order valence-corrected chi connectivity index (χ4v) is 1.76. The van der Waals surface area contributed by atoms with Gasteiger partial charge in [-0.1, -0.05) is 20.8 Å². The first-order valence-corrected chi connectivity index (χ1v) is 6.31. The summed E-state index contributed by atoms with van der Waals surface area (Å²) in [5, 5.41) is 3.28. The van der Waals surface area contributed by atoms with Gasteiger partial charge in [-0.05, 0) is 37.8 Å². The molecule has 0 aromatic heterocycles. The van der Waals surface area contributed by atoms with Crippen LogP contribution in [-0.4, -0.2) is 31.6 Å². The van der Waals surface area contributed by atoms with Gasteiger partial charge in [0.1, 0.15) is 6.61 Å². The van der Waals surface area contributed by atoms with E-state index in [9.17, 15) is 4.79 Å². The summed E-state index contributed by atoms with van der Waals surface area (Å²) in [7, 11) is 0. The molecule has 0 aliphatic carbocycles. The summed E-state index contributed by atoms with van der Waals surface area (Å²) < 4.78 is 5.62. The van der Waals surface area contributed by atoms with E-state index >= 15 is 0 Å². The molecule has 1 aliphatic heterocycles. The molecule has 0 aromatic carbocycles. The fourth-order valence-electron chi connectivity index (χ4n) is 1.76. The first-order chi connectivity index (χ1) is 7.47. The Morgan fingerprint density at radius 1 is 1.31 bits per heavy atom. The predicted molar refractivity (Wildman–Crippen MR) is 65.5 cm³/mol. The molecule has 0 unspecified atom stereocenters. The summed E-state index contributed by atoms with van der Waals surface area (Å²) in [6.07, 6.45) is 3.95. The van der Waals surface area contributed by atoms with Crippen molar-refractivity contribution in [2.45, 2.75) is 52.6 Å². The molecule has 1 heterocycles. The molecule has 0 saturated carbocycles.